The molecule has 0 aliphatic heterocycles. The van der Waals surface area contributed by atoms with Gasteiger partial charge in [0.25, 0.3) is 0 Å². The molecule has 0 atom stereocenters. The molecule has 0 aliphatic rings. The van der Waals surface area contributed by atoms with Crippen LogP contribution < -0.4 is 5.73 Å². The van der Waals surface area contributed by atoms with Gasteiger partial charge in [-0.15, -0.1) is 11.6 Å². The smallest absolute Gasteiger partial charge is 0.243 e. The number of pyridine rings is 1. The second-order valence-electron chi connectivity index (χ2n) is 4.72. The Labute approximate surface area is 120 Å². The fourth-order valence-electron chi connectivity index (χ4n) is 1.94. The molecule has 0 bridgehead atoms. The first-order valence-electron chi connectivity index (χ1n) is 5.77. The van der Waals surface area contributed by atoms with Gasteiger partial charge in [-0.1, -0.05) is 11.6 Å². The predicted octanol–water partition coefficient (Wildman–Crippen LogP) is 2.09. The summed E-state index contributed by atoms with van der Waals surface area (Å²) < 4.78 is 1.73. The number of hydrogen-bond acceptors (Lipinski definition) is 3. The Bertz CT molecular complexity index is 636. The largest absolute Gasteiger partial charge is 0.368 e. The Morgan fingerprint density at radius 1 is 1.53 bits per heavy atom. The molecule has 2 aromatic rings. The number of amides is 1. The molecule has 0 saturated carbocycles. The van der Waals surface area contributed by atoms with E-state index >= 15 is 0 Å². The zero-order valence-electron chi connectivity index (χ0n) is 10.7. The lowest BCUT2D eigenvalue weighted by atomic mass is 10.0. The Morgan fingerprint density at radius 3 is 2.79 bits per heavy atom. The van der Waals surface area contributed by atoms with Crippen molar-refractivity contribution in [2.24, 2.45) is 5.73 Å². The van der Waals surface area contributed by atoms with E-state index in [2.05, 4.69) is 9.97 Å². The van der Waals surface area contributed by atoms with Crippen LogP contribution >= 0.6 is 23.2 Å². The van der Waals surface area contributed by atoms with Crippen LogP contribution in [-0.4, -0.2) is 26.3 Å². The minimum atomic E-state index is -0.934. The van der Waals surface area contributed by atoms with Crippen LogP contribution in [0.2, 0.25) is 5.02 Å². The van der Waals surface area contributed by atoms with Crippen molar-refractivity contribution in [2.45, 2.75) is 25.8 Å². The minimum Gasteiger partial charge on any atom is -0.368 e. The number of alkyl halides is 1. The maximum Gasteiger partial charge on any atom is 0.243 e. The van der Waals surface area contributed by atoms with Crippen molar-refractivity contribution >= 4 is 40.3 Å². The van der Waals surface area contributed by atoms with Crippen LogP contribution in [0.5, 0.6) is 0 Å². The molecule has 2 heterocycles. The van der Waals surface area contributed by atoms with Crippen LogP contribution in [0.3, 0.4) is 0 Å². The number of hydrogen-bond donors (Lipinski definition) is 1. The number of nitrogens with two attached hydrogens (primary N) is 1. The molecule has 102 valence electrons. The van der Waals surface area contributed by atoms with Gasteiger partial charge < -0.3 is 5.73 Å². The summed E-state index contributed by atoms with van der Waals surface area (Å²) >= 11 is 11.7. The molecular weight excluding hydrogens is 287 g/mol. The number of aromatic nitrogens is 3. The van der Waals surface area contributed by atoms with Gasteiger partial charge >= 0.3 is 0 Å². The van der Waals surface area contributed by atoms with E-state index in [4.69, 9.17) is 28.9 Å². The average Bonchev–Trinajstić information content (AvgIpc) is 2.66. The fourth-order valence-corrected chi connectivity index (χ4v) is 2.26. The molecule has 2 rings (SSSR count). The normalized spacial score (nSPS) is 12.0. The number of aryl methyl sites for hydroxylation is 1. The molecule has 2 aromatic heterocycles. The first kappa shape index (κ1) is 14.1. The molecule has 0 fully saturated rings. The van der Waals surface area contributed by atoms with Crippen molar-refractivity contribution in [1.29, 1.82) is 0 Å². The van der Waals surface area contributed by atoms with Crippen LogP contribution in [0.15, 0.2) is 12.3 Å². The fraction of sp³-hybridized carbons (Fsp3) is 0.417. The second kappa shape index (κ2) is 4.98. The van der Waals surface area contributed by atoms with Crippen LogP contribution in [0.1, 0.15) is 19.7 Å². The molecule has 5 nitrogen and oxygen atoms in total. The first-order chi connectivity index (χ1) is 8.87. The average molecular weight is 301 g/mol. The molecule has 0 radical (unpaired) electrons. The van der Waals surface area contributed by atoms with Crippen LogP contribution in [0.25, 0.3) is 11.2 Å². The highest BCUT2D eigenvalue weighted by atomic mass is 35.5. The highest BCUT2D eigenvalue weighted by Gasteiger charge is 2.32. The van der Waals surface area contributed by atoms with E-state index in [-0.39, 0.29) is 0 Å². The molecule has 0 aliphatic carbocycles. The monoisotopic (exact) mass is 300 g/mol. The number of imidazole rings is 1. The number of fused-ring (bicyclic) bond motifs is 1. The molecule has 0 saturated heterocycles. The Balaban J connectivity index is 2.75. The van der Waals surface area contributed by atoms with E-state index in [1.54, 1.807) is 24.5 Å². The molecule has 1 amide bonds. The molecule has 0 spiro atoms. The van der Waals surface area contributed by atoms with Gasteiger partial charge in [0.15, 0.2) is 5.65 Å². The van der Waals surface area contributed by atoms with Gasteiger partial charge in [-0.3, -0.25) is 9.36 Å². The summed E-state index contributed by atoms with van der Waals surface area (Å²) in [5.74, 6) is 0.606. The molecular formula is C12H14Cl2N4O. The zero-order valence-corrected chi connectivity index (χ0v) is 12.2. The number of primary amides is 1. The maximum atomic E-state index is 11.7. The van der Waals surface area contributed by atoms with E-state index in [1.165, 1.54) is 6.20 Å². The third kappa shape index (κ3) is 2.40. The summed E-state index contributed by atoms with van der Waals surface area (Å²) in [5.41, 5.74) is 5.74. The van der Waals surface area contributed by atoms with Gasteiger partial charge in [0, 0.05) is 18.5 Å². The summed E-state index contributed by atoms with van der Waals surface area (Å²) in [7, 11) is 0. The van der Waals surface area contributed by atoms with Crippen molar-refractivity contribution in [3.8, 4) is 0 Å². The lowest BCUT2D eigenvalue weighted by Gasteiger charge is -2.25. The SMILES string of the molecule is CC(C)(C(N)=O)n1c(CCCl)nc2cc(Cl)cnc21. The van der Waals surface area contributed by atoms with Gasteiger partial charge in [-0.05, 0) is 19.9 Å². The van der Waals surface area contributed by atoms with E-state index < -0.39 is 11.4 Å². The second-order valence-corrected chi connectivity index (χ2v) is 5.54. The predicted molar refractivity (Wildman–Crippen MR) is 75.5 cm³/mol. The number of nitrogens with zero attached hydrogens (tertiary/aromatic N) is 3. The third-order valence-corrected chi connectivity index (χ3v) is 3.41. The molecule has 0 aromatic carbocycles. The summed E-state index contributed by atoms with van der Waals surface area (Å²) in [4.78, 5) is 20.4. The standard InChI is InChI=1S/C12H14Cl2N4O/c1-12(2,11(15)19)18-9(3-4-13)17-8-5-7(14)6-16-10(8)18/h5-6H,3-4H2,1-2H3,(H2,15,19). The zero-order chi connectivity index (χ0) is 14.2. The first-order valence-corrected chi connectivity index (χ1v) is 6.68. The number of halogens is 2. The summed E-state index contributed by atoms with van der Waals surface area (Å²) in [5, 5.41) is 0.492. The molecule has 19 heavy (non-hydrogen) atoms. The van der Waals surface area contributed by atoms with Crippen molar-refractivity contribution in [1.82, 2.24) is 14.5 Å². The number of carbonyl (C=O) groups excluding carboxylic acids is 1. The highest BCUT2D eigenvalue weighted by molar-refractivity contribution is 6.31. The molecule has 7 heteroatoms. The number of rotatable bonds is 4. The van der Waals surface area contributed by atoms with E-state index in [0.717, 1.165) is 0 Å². The topological polar surface area (TPSA) is 73.8 Å². The Morgan fingerprint density at radius 2 is 2.21 bits per heavy atom. The molecule has 0 unspecified atom stereocenters. The van der Waals surface area contributed by atoms with Gasteiger partial charge in [-0.2, -0.15) is 0 Å². The van der Waals surface area contributed by atoms with Crippen LogP contribution in [-0.2, 0) is 16.8 Å². The Kier molecular flexibility index (Phi) is 3.69. The van der Waals surface area contributed by atoms with Gasteiger partial charge in [-0.25, -0.2) is 9.97 Å². The maximum absolute atomic E-state index is 11.7. The van der Waals surface area contributed by atoms with Crippen LogP contribution in [0.4, 0.5) is 0 Å². The molecule has 2 N–H and O–H groups in total. The van der Waals surface area contributed by atoms with Gasteiger partial charge in [0.05, 0.1) is 5.02 Å². The van der Waals surface area contributed by atoms with E-state index in [0.29, 0.717) is 34.3 Å². The van der Waals surface area contributed by atoms with E-state index in [1.807, 2.05) is 0 Å². The summed E-state index contributed by atoms with van der Waals surface area (Å²) in [6.07, 6.45) is 2.04. The minimum absolute atomic E-state index is 0.395. The van der Waals surface area contributed by atoms with Crippen molar-refractivity contribution in [2.75, 3.05) is 5.88 Å². The Hall–Kier alpha value is -1.33. The number of carbonyl (C=O) groups is 1. The van der Waals surface area contributed by atoms with Crippen molar-refractivity contribution < 1.29 is 4.79 Å². The summed E-state index contributed by atoms with van der Waals surface area (Å²) in [6.45, 7) is 3.45. The van der Waals surface area contributed by atoms with Crippen molar-refractivity contribution in [3.63, 3.8) is 0 Å². The van der Waals surface area contributed by atoms with Crippen molar-refractivity contribution in [3.05, 3.63) is 23.1 Å². The third-order valence-electron chi connectivity index (χ3n) is 3.01. The van der Waals surface area contributed by atoms with Gasteiger partial charge in [0.1, 0.15) is 16.9 Å². The van der Waals surface area contributed by atoms with E-state index in [9.17, 15) is 4.79 Å². The summed E-state index contributed by atoms with van der Waals surface area (Å²) in [6, 6.07) is 1.70. The highest BCUT2D eigenvalue weighted by Crippen LogP contribution is 2.26. The lowest BCUT2D eigenvalue weighted by Crippen LogP contribution is -2.42. The van der Waals surface area contributed by atoms with Crippen LogP contribution in [0, 0.1) is 0 Å². The van der Waals surface area contributed by atoms with Gasteiger partial charge in [0.2, 0.25) is 5.91 Å². The lowest BCUT2D eigenvalue weighted by molar-refractivity contribution is -0.125. The quantitative estimate of drug-likeness (QED) is 0.879.